The summed E-state index contributed by atoms with van der Waals surface area (Å²) in [5, 5.41) is 0. The highest BCUT2D eigenvalue weighted by Gasteiger charge is 2.40. The van der Waals surface area contributed by atoms with E-state index < -0.39 is 0 Å². The largest absolute Gasteiger partial charge is 0.337 e. The number of nitrogens with zero attached hydrogens (tertiary/aromatic N) is 3. The van der Waals surface area contributed by atoms with Crippen molar-refractivity contribution in [3.63, 3.8) is 0 Å². The van der Waals surface area contributed by atoms with Gasteiger partial charge in [-0.3, -0.25) is 14.5 Å². The quantitative estimate of drug-likeness (QED) is 0.617. The summed E-state index contributed by atoms with van der Waals surface area (Å²) < 4.78 is 0. The standard InChI is InChI=1S/C31H41N3O2/c1-31(2,3)27-14-12-25(13-15-27)29(35)33-20-18-32(19-21-33)28(24-9-5-6-10-24)30(36)34-17-16-23-8-4-7-11-26(23)22-34/h4,7-8,11-15,24,28H,5-6,9-10,16-22H2,1-3H3. The Morgan fingerprint density at radius 1 is 0.806 bits per heavy atom. The van der Waals surface area contributed by atoms with Crippen molar-refractivity contribution in [2.24, 2.45) is 5.92 Å². The number of rotatable bonds is 4. The monoisotopic (exact) mass is 487 g/mol. The zero-order chi connectivity index (χ0) is 25.3. The Balaban J connectivity index is 1.25. The molecule has 0 aromatic heterocycles. The molecule has 2 fully saturated rings. The van der Waals surface area contributed by atoms with Gasteiger partial charge in [-0.05, 0) is 59.4 Å². The molecule has 1 saturated carbocycles. The van der Waals surface area contributed by atoms with E-state index in [4.69, 9.17) is 0 Å². The minimum Gasteiger partial charge on any atom is -0.337 e. The Bertz CT molecular complexity index is 1070. The fraction of sp³-hybridized carbons (Fsp3) is 0.548. The summed E-state index contributed by atoms with van der Waals surface area (Å²) in [5.41, 5.74) is 4.73. The number of amides is 2. The first-order chi connectivity index (χ1) is 17.3. The van der Waals surface area contributed by atoms with E-state index in [-0.39, 0.29) is 17.4 Å². The fourth-order valence-corrected chi connectivity index (χ4v) is 6.30. The highest BCUT2D eigenvalue weighted by molar-refractivity contribution is 5.94. The Morgan fingerprint density at radius 2 is 1.44 bits per heavy atom. The first-order valence-electron chi connectivity index (χ1n) is 13.8. The van der Waals surface area contributed by atoms with Crippen LogP contribution >= 0.6 is 0 Å². The van der Waals surface area contributed by atoms with E-state index in [0.29, 0.717) is 24.9 Å². The van der Waals surface area contributed by atoms with E-state index in [0.717, 1.165) is 51.0 Å². The lowest BCUT2D eigenvalue weighted by Crippen LogP contribution is -2.58. The van der Waals surface area contributed by atoms with E-state index in [1.807, 2.05) is 17.0 Å². The molecular formula is C31H41N3O2. The van der Waals surface area contributed by atoms with E-state index in [9.17, 15) is 9.59 Å². The molecule has 5 rings (SSSR count). The number of carbonyl (C=O) groups excluding carboxylic acids is 2. The van der Waals surface area contributed by atoms with Crippen molar-refractivity contribution in [2.45, 2.75) is 70.9 Å². The molecule has 2 aliphatic heterocycles. The Labute approximate surface area is 216 Å². The molecule has 36 heavy (non-hydrogen) atoms. The summed E-state index contributed by atoms with van der Waals surface area (Å²) in [4.78, 5) is 33.6. The van der Waals surface area contributed by atoms with E-state index in [1.165, 1.54) is 29.5 Å². The molecule has 1 atom stereocenters. The highest BCUT2D eigenvalue weighted by Crippen LogP contribution is 2.33. The summed E-state index contributed by atoms with van der Waals surface area (Å²) >= 11 is 0. The lowest BCUT2D eigenvalue weighted by Gasteiger charge is -2.43. The molecule has 2 aromatic rings. The predicted molar refractivity (Wildman–Crippen MR) is 144 cm³/mol. The van der Waals surface area contributed by atoms with Crippen LogP contribution in [-0.2, 0) is 23.2 Å². The van der Waals surface area contributed by atoms with Crippen LogP contribution < -0.4 is 0 Å². The molecule has 3 aliphatic rings. The smallest absolute Gasteiger partial charge is 0.253 e. The van der Waals surface area contributed by atoms with Gasteiger partial charge in [0.25, 0.3) is 5.91 Å². The second-order valence-electron chi connectivity index (χ2n) is 11.9. The van der Waals surface area contributed by atoms with Gasteiger partial charge in [-0.25, -0.2) is 0 Å². The summed E-state index contributed by atoms with van der Waals surface area (Å²) in [5.74, 6) is 0.835. The third kappa shape index (κ3) is 5.22. The van der Waals surface area contributed by atoms with Crippen LogP contribution in [0.4, 0.5) is 0 Å². The van der Waals surface area contributed by atoms with Gasteiger partial charge in [0.1, 0.15) is 0 Å². The number of hydrogen-bond acceptors (Lipinski definition) is 3. The van der Waals surface area contributed by atoms with E-state index in [2.05, 4.69) is 67.0 Å². The molecule has 1 saturated heterocycles. The van der Waals surface area contributed by atoms with Gasteiger partial charge in [-0.1, -0.05) is 70.0 Å². The third-order valence-corrected chi connectivity index (χ3v) is 8.53. The molecule has 2 heterocycles. The minimum absolute atomic E-state index is 0.0546. The Hall–Kier alpha value is -2.66. The summed E-state index contributed by atoms with van der Waals surface area (Å²) in [6.07, 6.45) is 5.66. The van der Waals surface area contributed by atoms with E-state index in [1.54, 1.807) is 0 Å². The van der Waals surface area contributed by atoms with Crippen molar-refractivity contribution >= 4 is 11.8 Å². The maximum absolute atomic E-state index is 13.9. The zero-order valence-electron chi connectivity index (χ0n) is 22.2. The molecule has 1 unspecified atom stereocenters. The molecule has 2 aromatic carbocycles. The number of hydrogen-bond donors (Lipinski definition) is 0. The molecular weight excluding hydrogens is 446 g/mol. The van der Waals surface area contributed by atoms with Gasteiger partial charge in [0.15, 0.2) is 0 Å². The second-order valence-corrected chi connectivity index (χ2v) is 11.9. The van der Waals surface area contributed by atoms with Gasteiger partial charge in [0.05, 0.1) is 6.04 Å². The van der Waals surface area contributed by atoms with Crippen molar-refractivity contribution in [2.75, 3.05) is 32.7 Å². The van der Waals surface area contributed by atoms with Crippen LogP contribution in [0.3, 0.4) is 0 Å². The average Bonchev–Trinajstić information content (AvgIpc) is 3.42. The third-order valence-electron chi connectivity index (χ3n) is 8.53. The molecule has 0 radical (unpaired) electrons. The summed E-state index contributed by atoms with van der Waals surface area (Å²) in [6, 6.07) is 16.6. The lowest BCUT2D eigenvalue weighted by atomic mass is 9.86. The number of fused-ring (bicyclic) bond motifs is 1. The molecule has 0 spiro atoms. The van der Waals surface area contributed by atoms with Crippen molar-refractivity contribution in [3.8, 4) is 0 Å². The molecule has 1 aliphatic carbocycles. The fourth-order valence-electron chi connectivity index (χ4n) is 6.30. The molecule has 0 N–H and O–H groups in total. The maximum atomic E-state index is 13.9. The van der Waals surface area contributed by atoms with Crippen LogP contribution in [0.15, 0.2) is 48.5 Å². The van der Waals surface area contributed by atoms with Crippen molar-refractivity contribution < 1.29 is 9.59 Å². The van der Waals surface area contributed by atoms with Crippen molar-refractivity contribution in [1.29, 1.82) is 0 Å². The van der Waals surface area contributed by atoms with Crippen LogP contribution in [0.25, 0.3) is 0 Å². The minimum atomic E-state index is -0.0546. The van der Waals surface area contributed by atoms with Gasteiger partial charge in [-0.2, -0.15) is 0 Å². The predicted octanol–water partition coefficient (Wildman–Crippen LogP) is 4.89. The van der Waals surface area contributed by atoms with Crippen LogP contribution in [0.1, 0.15) is 73.5 Å². The Kier molecular flexibility index (Phi) is 7.21. The van der Waals surface area contributed by atoms with Crippen LogP contribution in [0.5, 0.6) is 0 Å². The van der Waals surface area contributed by atoms with Crippen LogP contribution in [0.2, 0.25) is 0 Å². The summed E-state index contributed by atoms with van der Waals surface area (Å²) in [7, 11) is 0. The van der Waals surface area contributed by atoms with Gasteiger partial charge < -0.3 is 9.80 Å². The maximum Gasteiger partial charge on any atom is 0.253 e. The van der Waals surface area contributed by atoms with Crippen molar-refractivity contribution in [1.82, 2.24) is 14.7 Å². The SMILES string of the molecule is CC(C)(C)c1ccc(C(=O)N2CCN(C(C(=O)N3CCc4ccccc4C3)C3CCCC3)CC2)cc1. The van der Waals surface area contributed by atoms with Crippen LogP contribution in [-0.4, -0.2) is 65.3 Å². The zero-order valence-corrected chi connectivity index (χ0v) is 22.2. The van der Waals surface area contributed by atoms with Gasteiger partial charge in [0.2, 0.25) is 5.91 Å². The first kappa shape index (κ1) is 25.0. The number of benzene rings is 2. The van der Waals surface area contributed by atoms with Gasteiger partial charge in [-0.15, -0.1) is 0 Å². The molecule has 192 valence electrons. The van der Waals surface area contributed by atoms with Crippen molar-refractivity contribution in [3.05, 3.63) is 70.8 Å². The van der Waals surface area contributed by atoms with Gasteiger partial charge >= 0.3 is 0 Å². The number of carbonyl (C=O) groups is 2. The van der Waals surface area contributed by atoms with Crippen LogP contribution in [0, 0.1) is 5.92 Å². The molecule has 5 nitrogen and oxygen atoms in total. The molecule has 2 amide bonds. The molecule has 5 heteroatoms. The summed E-state index contributed by atoms with van der Waals surface area (Å²) in [6.45, 7) is 11.0. The first-order valence-corrected chi connectivity index (χ1v) is 13.8. The normalized spacial score (nSPS) is 20.3. The highest BCUT2D eigenvalue weighted by atomic mass is 16.2. The number of piperazine rings is 1. The second kappa shape index (κ2) is 10.4. The topological polar surface area (TPSA) is 43.9 Å². The average molecular weight is 488 g/mol. The van der Waals surface area contributed by atoms with E-state index >= 15 is 0 Å². The Morgan fingerprint density at radius 3 is 2.08 bits per heavy atom. The van der Waals surface area contributed by atoms with Gasteiger partial charge in [0, 0.05) is 44.8 Å². The lowest BCUT2D eigenvalue weighted by molar-refractivity contribution is -0.141. The molecule has 0 bridgehead atoms.